The van der Waals surface area contributed by atoms with Crippen molar-refractivity contribution >= 4 is 23.4 Å². The molecule has 0 aromatic heterocycles. The van der Waals surface area contributed by atoms with Gasteiger partial charge in [-0.2, -0.15) is 0 Å². The summed E-state index contributed by atoms with van der Waals surface area (Å²) >= 11 is 0. The number of carbonyl (C=O) groups excluding carboxylic acids is 1. The number of hydrogen-bond donors (Lipinski definition) is 3. The maximum atomic E-state index is 10.3. The molecule has 0 amide bonds. The number of ether oxygens (including phenoxy) is 1. The molecule has 29 heavy (non-hydrogen) atoms. The van der Waals surface area contributed by atoms with Gasteiger partial charge in [0, 0.05) is 23.9 Å². The van der Waals surface area contributed by atoms with Crippen LogP contribution in [0.4, 0.5) is 5.69 Å². The molecule has 2 aliphatic carbocycles. The molecule has 0 bridgehead atoms. The first-order chi connectivity index (χ1) is 14.0. The second kappa shape index (κ2) is 9.06. The largest absolute Gasteiger partial charge is 0.496 e. The Hall–Kier alpha value is -3.60. The second-order valence-corrected chi connectivity index (χ2v) is 7.01. The molecule has 0 saturated heterocycles. The molecule has 4 rings (SSSR count). The molecule has 1 fully saturated rings. The number of nitrogens with two attached hydrogens (primary N) is 2. The predicted molar refractivity (Wildman–Crippen MR) is 120 cm³/mol. The molecule has 0 radical (unpaired) electrons. The number of rotatable bonds is 5. The lowest BCUT2D eigenvalue weighted by Gasteiger charge is -2.09. The molecule has 2 atom stereocenters. The Morgan fingerprint density at radius 1 is 1.24 bits per heavy atom. The average Bonchev–Trinajstić information content (AvgIpc) is 3.54. The van der Waals surface area contributed by atoms with Gasteiger partial charge in [-0.1, -0.05) is 42.5 Å². The standard InChI is InChI=1S/C16H17N3O.C8H8O.H2/c1-20-16-8-3-2-7-13(16)15(19)10-14(18)11-5-4-6-12(17)9-11;9-5-7-3-1-2-6-4-8(6)7;/h2-10,18H,17,19H2,1H3;1-3,5-6,8H,4H2;1H/b15-10-,18-14?;;. The van der Waals surface area contributed by atoms with Gasteiger partial charge in [0.2, 0.25) is 0 Å². The fraction of sp³-hybridized carbons (Fsp3) is 0.167. The highest BCUT2D eigenvalue weighted by atomic mass is 16.5. The van der Waals surface area contributed by atoms with E-state index >= 15 is 0 Å². The summed E-state index contributed by atoms with van der Waals surface area (Å²) in [6.07, 6.45) is 9.86. The van der Waals surface area contributed by atoms with Crippen LogP contribution in [0.1, 0.15) is 19.0 Å². The molecule has 5 heteroatoms. The molecule has 1 saturated carbocycles. The molecule has 5 nitrogen and oxygen atoms in total. The summed E-state index contributed by atoms with van der Waals surface area (Å²) < 4.78 is 5.26. The van der Waals surface area contributed by atoms with Crippen molar-refractivity contribution in [1.82, 2.24) is 0 Å². The highest BCUT2D eigenvalue weighted by Crippen LogP contribution is 2.46. The maximum absolute atomic E-state index is 10.3. The first-order valence-corrected chi connectivity index (χ1v) is 9.42. The third-order valence-electron chi connectivity index (χ3n) is 4.97. The van der Waals surface area contributed by atoms with Gasteiger partial charge in [-0.05, 0) is 54.2 Å². The van der Waals surface area contributed by atoms with E-state index in [1.165, 1.54) is 6.42 Å². The van der Waals surface area contributed by atoms with Crippen LogP contribution >= 0.6 is 0 Å². The van der Waals surface area contributed by atoms with Crippen LogP contribution < -0.4 is 16.2 Å². The first-order valence-electron chi connectivity index (χ1n) is 9.42. The zero-order valence-electron chi connectivity index (χ0n) is 16.3. The SMILES string of the molecule is COc1ccccc1/C(N)=C/C(=N)c1cccc(N)c1.O=CC1=CC=CC2CC12.[HH]. The normalized spacial score (nSPS) is 19.2. The second-order valence-electron chi connectivity index (χ2n) is 7.01. The number of fused-ring (bicyclic) bond motifs is 1. The summed E-state index contributed by atoms with van der Waals surface area (Å²) in [5, 5.41) is 8.08. The number of allylic oxidation sites excluding steroid dienone is 5. The van der Waals surface area contributed by atoms with Gasteiger partial charge in [0.05, 0.1) is 12.8 Å². The van der Waals surface area contributed by atoms with E-state index in [0.717, 1.165) is 23.0 Å². The van der Waals surface area contributed by atoms with E-state index in [0.29, 0.717) is 34.7 Å². The molecule has 2 aliphatic rings. The van der Waals surface area contributed by atoms with Crippen molar-refractivity contribution in [3.63, 3.8) is 0 Å². The number of anilines is 1. The number of aldehydes is 1. The molecule has 0 aliphatic heterocycles. The summed E-state index contributed by atoms with van der Waals surface area (Å²) in [5.41, 5.74) is 15.7. The zero-order chi connectivity index (χ0) is 20.8. The Morgan fingerprint density at radius 3 is 2.72 bits per heavy atom. The van der Waals surface area contributed by atoms with E-state index < -0.39 is 0 Å². The van der Waals surface area contributed by atoms with Gasteiger partial charge in [-0.15, -0.1) is 0 Å². The Bertz CT molecular complexity index is 1010. The third-order valence-corrected chi connectivity index (χ3v) is 4.97. The Labute approximate surface area is 172 Å². The highest BCUT2D eigenvalue weighted by molar-refractivity contribution is 6.10. The van der Waals surface area contributed by atoms with E-state index in [1.807, 2.05) is 48.6 Å². The summed E-state index contributed by atoms with van der Waals surface area (Å²) in [6, 6.07) is 14.6. The van der Waals surface area contributed by atoms with Gasteiger partial charge in [0.25, 0.3) is 0 Å². The molecule has 5 N–H and O–H groups in total. The minimum atomic E-state index is 0. The van der Waals surface area contributed by atoms with Gasteiger partial charge in [0.15, 0.2) is 0 Å². The molecular formula is C24H27N3O2. The molecular weight excluding hydrogens is 362 g/mol. The van der Waals surface area contributed by atoms with Crippen molar-refractivity contribution in [2.24, 2.45) is 17.6 Å². The topological polar surface area (TPSA) is 102 Å². The Balaban J connectivity index is 0.000000266. The number of benzene rings is 2. The van der Waals surface area contributed by atoms with Crippen LogP contribution in [0.5, 0.6) is 5.75 Å². The summed E-state index contributed by atoms with van der Waals surface area (Å²) in [7, 11) is 1.59. The van der Waals surface area contributed by atoms with Gasteiger partial charge in [0.1, 0.15) is 12.0 Å². The predicted octanol–water partition coefficient (Wildman–Crippen LogP) is 4.21. The molecule has 0 heterocycles. The lowest BCUT2D eigenvalue weighted by Crippen LogP contribution is -2.04. The van der Waals surface area contributed by atoms with Crippen LogP contribution in [-0.4, -0.2) is 19.1 Å². The van der Waals surface area contributed by atoms with Crippen molar-refractivity contribution in [3.05, 3.63) is 89.5 Å². The third kappa shape index (κ3) is 5.02. The van der Waals surface area contributed by atoms with Crippen molar-refractivity contribution in [1.29, 1.82) is 5.41 Å². The van der Waals surface area contributed by atoms with Gasteiger partial charge in [-0.25, -0.2) is 0 Å². The van der Waals surface area contributed by atoms with E-state index in [9.17, 15) is 4.79 Å². The minimum Gasteiger partial charge on any atom is -0.496 e. The van der Waals surface area contributed by atoms with Crippen LogP contribution in [0, 0.1) is 17.2 Å². The summed E-state index contributed by atoms with van der Waals surface area (Å²) in [5.74, 6) is 1.98. The van der Waals surface area contributed by atoms with E-state index in [1.54, 1.807) is 25.3 Å². The minimum absolute atomic E-state index is 0. The zero-order valence-corrected chi connectivity index (χ0v) is 16.3. The average molecular weight is 389 g/mol. The number of nitrogen functional groups attached to an aromatic ring is 1. The lowest BCUT2D eigenvalue weighted by atomic mass is 10.1. The molecule has 2 unspecified atom stereocenters. The lowest BCUT2D eigenvalue weighted by molar-refractivity contribution is -0.105. The van der Waals surface area contributed by atoms with Crippen molar-refractivity contribution in [2.75, 3.05) is 12.8 Å². The Morgan fingerprint density at radius 2 is 2.03 bits per heavy atom. The van der Waals surface area contributed by atoms with Crippen LogP contribution in [-0.2, 0) is 4.79 Å². The monoisotopic (exact) mass is 389 g/mol. The number of carbonyl (C=O) groups is 1. The number of hydrogen-bond acceptors (Lipinski definition) is 5. The van der Waals surface area contributed by atoms with Gasteiger partial charge in [-0.3, -0.25) is 4.79 Å². The fourth-order valence-electron chi connectivity index (χ4n) is 3.28. The Kier molecular flexibility index (Phi) is 6.29. The quantitative estimate of drug-likeness (QED) is 0.405. The first kappa shape index (κ1) is 20.1. The number of nitrogens with one attached hydrogen (secondary N) is 1. The summed E-state index contributed by atoms with van der Waals surface area (Å²) in [4.78, 5) is 10.3. The van der Waals surface area contributed by atoms with Crippen LogP contribution in [0.15, 0.2) is 78.4 Å². The van der Waals surface area contributed by atoms with Crippen LogP contribution in [0.2, 0.25) is 0 Å². The van der Waals surface area contributed by atoms with Crippen LogP contribution in [0.25, 0.3) is 5.70 Å². The smallest absolute Gasteiger partial charge is 0.146 e. The van der Waals surface area contributed by atoms with E-state index in [2.05, 4.69) is 6.08 Å². The molecule has 2 aromatic rings. The van der Waals surface area contributed by atoms with Crippen molar-refractivity contribution < 1.29 is 11.0 Å². The summed E-state index contributed by atoms with van der Waals surface area (Å²) in [6.45, 7) is 0. The molecule has 2 aromatic carbocycles. The number of methoxy groups -OCH3 is 1. The van der Waals surface area contributed by atoms with Gasteiger partial charge >= 0.3 is 0 Å². The van der Waals surface area contributed by atoms with E-state index in [4.69, 9.17) is 21.6 Å². The maximum Gasteiger partial charge on any atom is 0.146 e. The molecule has 150 valence electrons. The highest BCUT2D eigenvalue weighted by Gasteiger charge is 2.38. The van der Waals surface area contributed by atoms with Crippen LogP contribution in [0.3, 0.4) is 0 Å². The van der Waals surface area contributed by atoms with E-state index in [-0.39, 0.29) is 1.43 Å². The van der Waals surface area contributed by atoms with Crippen molar-refractivity contribution in [3.8, 4) is 5.75 Å². The fourth-order valence-corrected chi connectivity index (χ4v) is 3.28. The molecule has 0 spiro atoms. The van der Waals surface area contributed by atoms with Crippen molar-refractivity contribution in [2.45, 2.75) is 6.42 Å². The number of para-hydroxylation sites is 1. The van der Waals surface area contributed by atoms with Gasteiger partial charge < -0.3 is 21.6 Å².